The molecule has 6 rings (SSSR count). The molecule has 2 amide bonds. The van der Waals surface area contributed by atoms with Gasteiger partial charge >= 0.3 is 0 Å². The van der Waals surface area contributed by atoms with E-state index >= 15 is 0 Å². The highest BCUT2D eigenvalue weighted by Gasteiger charge is 2.35. The first-order valence-corrected chi connectivity index (χ1v) is 11.3. The number of ether oxygens (including phenoxy) is 1. The summed E-state index contributed by atoms with van der Waals surface area (Å²) in [6, 6.07) is 11.3. The molecule has 174 valence electrons. The molecule has 0 spiro atoms. The van der Waals surface area contributed by atoms with E-state index in [1.165, 1.54) is 0 Å². The predicted molar refractivity (Wildman–Crippen MR) is 131 cm³/mol. The predicted octanol–water partition coefficient (Wildman–Crippen LogP) is 3.31. The number of nitrogens with zero attached hydrogens (tertiary/aromatic N) is 5. The van der Waals surface area contributed by atoms with Gasteiger partial charge in [-0.3, -0.25) is 19.9 Å². The van der Waals surface area contributed by atoms with Crippen LogP contribution in [0.2, 0.25) is 0 Å². The highest BCUT2D eigenvalue weighted by atomic mass is 16.5. The number of carbonyl (C=O) groups excluding carboxylic acids is 2. The summed E-state index contributed by atoms with van der Waals surface area (Å²) in [4.78, 5) is 34.6. The zero-order valence-corrected chi connectivity index (χ0v) is 19.0. The fraction of sp³-hybridized carbons (Fsp3) is 0.154. The largest absolute Gasteiger partial charge is 0.497 e. The van der Waals surface area contributed by atoms with Crippen molar-refractivity contribution in [1.82, 2.24) is 29.0 Å². The summed E-state index contributed by atoms with van der Waals surface area (Å²) in [6.45, 7) is 1.55. The summed E-state index contributed by atoms with van der Waals surface area (Å²) < 4.78 is 11.4. The van der Waals surface area contributed by atoms with Crippen LogP contribution < -0.4 is 10.1 Å². The minimum atomic E-state index is -0.435. The lowest BCUT2D eigenvalue weighted by atomic mass is 10.0. The van der Waals surface area contributed by atoms with Crippen molar-refractivity contribution in [1.29, 1.82) is 0 Å². The van der Waals surface area contributed by atoms with Crippen molar-refractivity contribution in [3.05, 3.63) is 79.3 Å². The van der Waals surface area contributed by atoms with Crippen LogP contribution in [0.3, 0.4) is 0 Å². The summed E-state index contributed by atoms with van der Waals surface area (Å²) >= 11 is 0. The van der Waals surface area contributed by atoms with Crippen LogP contribution in [0.5, 0.6) is 5.75 Å². The van der Waals surface area contributed by atoms with Gasteiger partial charge in [-0.25, -0.2) is 4.98 Å². The Morgan fingerprint density at radius 2 is 1.91 bits per heavy atom. The maximum Gasteiger partial charge on any atom is 0.275 e. The number of aryl methyl sites for hydroxylation is 2. The Morgan fingerprint density at radius 1 is 1.00 bits per heavy atom. The van der Waals surface area contributed by atoms with Gasteiger partial charge in [0.25, 0.3) is 11.8 Å². The number of aromatic nitrogens is 5. The van der Waals surface area contributed by atoms with E-state index in [4.69, 9.17) is 4.74 Å². The molecule has 5 heterocycles. The van der Waals surface area contributed by atoms with Crippen LogP contribution in [-0.4, -0.2) is 42.6 Å². The smallest absolute Gasteiger partial charge is 0.275 e. The molecule has 35 heavy (non-hydrogen) atoms. The van der Waals surface area contributed by atoms with Crippen LogP contribution in [0, 0.1) is 0 Å². The first-order chi connectivity index (χ1) is 17.1. The molecule has 0 unspecified atom stereocenters. The van der Waals surface area contributed by atoms with Crippen LogP contribution >= 0.6 is 0 Å². The number of imide groups is 1. The van der Waals surface area contributed by atoms with Gasteiger partial charge in [0.1, 0.15) is 11.4 Å². The fourth-order valence-electron chi connectivity index (χ4n) is 4.72. The molecule has 1 aromatic carbocycles. The van der Waals surface area contributed by atoms with Gasteiger partial charge in [0.05, 0.1) is 30.0 Å². The third-order valence-corrected chi connectivity index (χ3v) is 6.34. The van der Waals surface area contributed by atoms with E-state index in [0.29, 0.717) is 22.6 Å². The van der Waals surface area contributed by atoms with E-state index in [9.17, 15) is 9.59 Å². The van der Waals surface area contributed by atoms with Gasteiger partial charge in [0.2, 0.25) is 0 Å². The number of amides is 2. The lowest BCUT2D eigenvalue weighted by Crippen LogP contribution is -2.23. The maximum absolute atomic E-state index is 13.1. The van der Waals surface area contributed by atoms with Crippen molar-refractivity contribution in [3.63, 3.8) is 0 Å². The monoisotopic (exact) mass is 466 g/mol. The number of hydrogen-bond acceptors (Lipinski definition) is 5. The first kappa shape index (κ1) is 20.9. The van der Waals surface area contributed by atoms with Gasteiger partial charge in [-0.2, -0.15) is 0 Å². The second-order valence-electron chi connectivity index (χ2n) is 8.37. The van der Waals surface area contributed by atoms with Crippen molar-refractivity contribution in [2.75, 3.05) is 7.11 Å². The summed E-state index contributed by atoms with van der Waals surface area (Å²) in [7, 11) is 1.61. The van der Waals surface area contributed by atoms with Crippen molar-refractivity contribution in [2.45, 2.75) is 19.5 Å². The highest BCUT2D eigenvalue weighted by Crippen LogP contribution is 2.36. The summed E-state index contributed by atoms with van der Waals surface area (Å²) in [5, 5.41) is 3.33. The molecule has 9 nitrogen and oxygen atoms in total. The Hall–Kier alpha value is -4.66. The summed E-state index contributed by atoms with van der Waals surface area (Å²) in [5.74, 6) is -0.177. The standard InChI is InChI=1S/C26H22N6O3/c1-35-17-5-6-21-18(14-17)19(15-31(21)11-3-10-30-13-9-27-16-30)23-24(26(34)29-25(23)33)32-12-7-20-22(32)4-2-8-28-20/h2,4-9,12-16H,3,10-11H2,1H3,(H,29,33,34). The van der Waals surface area contributed by atoms with E-state index in [1.807, 2.05) is 53.4 Å². The number of carbonyl (C=O) groups is 2. The molecule has 9 heteroatoms. The molecule has 0 aliphatic carbocycles. The average Bonchev–Trinajstić information content (AvgIpc) is 3.65. The minimum Gasteiger partial charge on any atom is -0.497 e. The normalized spacial score (nSPS) is 13.9. The zero-order valence-electron chi connectivity index (χ0n) is 19.0. The number of imidazole rings is 1. The molecule has 0 saturated carbocycles. The van der Waals surface area contributed by atoms with E-state index in [1.54, 1.807) is 36.6 Å². The van der Waals surface area contributed by atoms with Crippen LogP contribution in [0.25, 0.3) is 33.2 Å². The SMILES string of the molecule is COc1ccc2c(c1)c(C1=C(n3ccc4ncccc43)C(=O)NC1=O)cn2CCCn1ccnc1. The average molecular weight is 467 g/mol. The molecule has 0 radical (unpaired) electrons. The third kappa shape index (κ3) is 3.48. The van der Waals surface area contributed by atoms with Crippen molar-refractivity contribution in [2.24, 2.45) is 0 Å². The number of rotatable bonds is 7. The van der Waals surface area contributed by atoms with Crippen molar-refractivity contribution < 1.29 is 14.3 Å². The molecule has 1 N–H and O–H groups in total. The van der Waals surface area contributed by atoms with Gasteiger partial charge in [-0.15, -0.1) is 0 Å². The Kier molecular flexibility index (Phi) is 4.95. The van der Waals surface area contributed by atoms with Crippen molar-refractivity contribution >= 4 is 45.0 Å². The molecule has 0 saturated heterocycles. The Balaban J connectivity index is 1.51. The minimum absolute atomic E-state index is 0.290. The number of hydrogen-bond donors (Lipinski definition) is 1. The number of methoxy groups -OCH3 is 1. The van der Waals surface area contributed by atoms with E-state index < -0.39 is 11.8 Å². The van der Waals surface area contributed by atoms with Crippen LogP contribution in [0.15, 0.2) is 73.7 Å². The van der Waals surface area contributed by atoms with Gasteiger partial charge in [-0.1, -0.05) is 0 Å². The van der Waals surface area contributed by atoms with E-state index in [-0.39, 0.29) is 0 Å². The van der Waals surface area contributed by atoms with Crippen molar-refractivity contribution in [3.8, 4) is 5.75 Å². The van der Waals surface area contributed by atoms with Crippen LogP contribution in [-0.2, 0) is 22.7 Å². The van der Waals surface area contributed by atoms with Gasteiger partial charge in [0, 0.05) is 60.5 Å². The quantitative estimate of drug-likeness (QED) is 0.371. The van der Waals surface area contributed by atoms with Crippen LogP contribution in [0.1, 0.15) is 12.0 Å². The van der Waals surface area contributed by atoms with E-state index in [0.717, 1.165) is 41.4 Å². The molecule has 4 aromatic heterocycles. The Labute approximate surface area is 200 Å². The summed E-state index contributed by atoms with van der Waals surface area (Å²) in [6.07, 6.45) is 11.8. The highest BCUT2D eigenvalue weighted by molar-refractivity contribution is 6.47. The topological polar surface area (TPSA) is 96.0 Å². The molecular weight excluding hydrogens is 444 g/mol. The molecule has 0 bridgehead atoms. The molecular formula is C26H22N6O3. The number of pyridine rings is 1. The molecule has 5 aromatic rings. The number of nitrogens with one attached hydrogen (secondary N) is 1. The van der Waals surface area contributed by atoms with Gasteiger partial charge in [0.15, 0.2) is 0 Å². The number of fused-ring (bicyclic) bond motifs is 2. The second-order valence-corrected chi connectivity index (χ2v) is 8.37. The summed E-state index contributed by atoms with van der Waals surface area (Å²) in [5.41, 5.74) is 3.78. The number of benzene rings is 1. The van der Waals surface area contributed by atoms with Gasteiger partial charge in [-0.05, 0) is 42.8 Å². The maximum atomic E-state index is 13.1. The zero-order chi connectivity index (χ0) is 23.9. The van der Waals surface area contributed by atoms with Crippen LogP contribution in [0.4, 0.5) is 0 Å². The van der Waals surface area contributed by atoms with E-state index in [2.05, 4.69) is 19.9 Å². The lowest BCUT2D eigenvalue weighted by molar-refractivity contribution is -0.122. The molecule has 0 atom stereocenters. The Bertz CT molecular complexity index is 1620. The Morgan fingerprint density at radius 3 is 2.74 bits per heavy atom. The fourth-order valence-corrected chi connectivity index (χ4v) is 4.72. The molecule has 1 aliphatic rings. The second kappa shape index (κ2) is 8.28. The lowest BCUT2D eigenvalue weighted by Gasteiger charge is -2.07. The molecule has 1 aliphatic heterocycles. The first-order valence-electron chi connectivity index (χ1n) is 11.3. The molecule has 0 fully saturated rings. The van der Waals surface area contributed by atoms with Gasteiger partial charge < -0.3 is 18.4 Å². The third-order valence-electron chi connectivity index (χ3n) is 6.34.